The second kappa shape index (κ2) is 6.33. The first-order valence-corrected chi connectivity index (χ1v) is 9.52. The maximum atomic E-state index is 4.76. The molecule has 1 aliphatic heterocycles. The van der Waals surface area contributed by atoms with Gasteiger partial charge in [-0.2, -0.15) is 5.10 Å². The summed E-state index contributed by atoms with van der Waals surface area (Å²) in [5, 5.41) is 5.60. The fourth-order valence-electron chi connectivity index (χ4n) is 4.30. The molecule has 5 rings (SSSR count). The summed E-state index contributed by atoms with van der Waals surface area (Å²) >= 11 is 0. The average molecular weight is 361 g/mol. The van der Waals surface area contributed by atoms with Crippen molar-refractivity contribution in [3.8, 4) is 0 Å². The molecule has 4 heterocycles. The molecule has 1 aromatic carbocycles. The Morgan fingerprint density at radius 2 is 2.11 bits per heavy atom. The Morgan fingerprint density at radius 3 is 3.00 bits per heavy atom. The number of nitrogens with zero attached hydrogens (tertiary/aromatic N) is 6. The number of nitrogens with one attached hydrogen (secondary N) is 1. The second-order valence-corrected chi connectivity index (χ2v) is 7.46. The van der Waals surface area contributed by atoms with Crippen LogP contribution in [0.5, 0.6) is 0 Å². The van der Waals surface area contributed by atoms with Crippen LogP contribution in [-0.4, -0.2) is 42.8 Å². The largest absolute Gasteiger partial charge is 0.356 e. The molecular weight excluding hydrogens is 338 g/mol. The number of aromatic amines is 1. The van der Waals surface area contributed by atoms with Crippen molar-refractivity contribution < 1.29 is 0 Å². The number of hydrogen-bond donors (Lipinski definition) is 1. The molecule has 1 N–H and O–H groups in total. The number of piperidine rings is 1. The first-order chi connectivity index (χ1) is 13.2. The highest BCUT2D eigenvalue weighted by molar-refractivity contribution is 5.89. The molecule has 138 valence electrons. The summed E-state index contributed by atoms with van der Waals surface area (Å²) in [6.45, 7) is 4.04. The molecule has 0 saturated carbocycles. The van der Waals surface area contributed by atoms with Crippen molar-refractivity contribution in [2.45, 2.75) is 26.2 Å². The summed E-state index contributed by atoms with van der Waals surface area (Å²) in [5.74, 6) is 2.65. The van der Waals surface area contributed by atoms with Crippen molar-refractivity contribution in [2.75, 3.05) is 18.0 Å². The van der Waals surface area contributed by atoms with Crippen LogP contribution in [0.3, 0.4) is 0 Å². The number of hydrogen-bond acceptors (Lipinski definition) is 5. The lowest BCUT2D eigenvalue weighted by Gasteiger charge is -2.33. The molecule has 0 spiro atoms. The Morgan fingerprint density at radius 1 is 1.22 bits per heavy atom. The van der Waals surface area contributed by atoms with E-state index >= 15 is 0 Å². The first kappa shape index (κ1) is 16.2. The summed E-state index contributed by atoms with van der Waals surface area (Å²) in [7, 11) is 1.94. The van der Waals surface area contributed by atoms with Crippen LogP contribution < -0.4 is 4.90 Å². The summed E-state index contributed by atoms with van der Waals surface area (Å²) in [6, 6.07) is 8.22. The van der Waals surface area contributed by atoms with E-state index in [-0.39, 0.29) is 0 Å². The van der Waals surface area contributed by atoms with Crippen LogP contribution in [0.15, 0.2) is 30.6 Å². The van der Waals surface area contributed by atoms with E-state index in [2.05, 4.69) is 37.1 Å². The van der Waals surface area contributed by atoms with Gasteiger partial charge in [0.05, 0.1) is 22.1 Å². The van der Waals surface area contributed by atoms with Crippen molar-refractivity contribution >= 4 is 27.9 Å². The number of anilines is 1. The van der Waals surface area contributed by atoms with Gasteiger partial charge in [0, 0.05) is 26.6 Å². The van der Waals surface area contributed by atoms with Crippen LogP contribution in [0.1, 0.15) is 24.4 Å². The van der Waals surface area contributed by atoms with E-state index < -0.39 is 0 Å². The van der Waals surface area contributed by atoms with E-state index in [0.29, 0.717) is 5.92 Å². The molecule has 3 aromatic heterocycles. The van der Waals surface area contributed by atoms with Crippen molar-refractivity contribution in [3.05, 3.63) is 42.1 Å². The molecule has 0 aliphatic carbocycles. The van der Waals surface area contributed by atoms with Crippen LogP contribution in [0, 0.1) is 12.8 Å². The van der Waals surface area contributed by atoms with Gasteiger partial charge in [-0.15, -0.1) is 0 Å². The number of aryl methyl sites for hydroxylation is 2. The number of para-hydroxylation sites is 2. The fraction of sp³-hybridized carbons (Fsp3) is 0.400. The maximum absolute atomic E-state index is 4.76. The van der Waals surface area contributed by atoms with Gasteiger partial charge in [-0.25, -0.2) is 15.0 Å². The number of benzene rings is 1. The Bertz CT molecular complexity index is 1080. The van der Waals surface area contributed by atoms with Gasteiger partial charge in [0.2, 0.25) is 0 Å². The molecule has 7 heteroatoms. The van der Waals surface area contributed by atoms with E-state index in [1.165, 1.54) is 6.42 Å². The van der Waals surface area contributed by atoms with Crippen LogP contribution in [0.25, 0.3) is 22.1 Å². The topological polar surface area (TPSA) is 75.5 Å². The maximum Gasteiger partial charge on any atom is 0.163 e. The zero-order chi connectivity index (χ0) is 18.4. The van der Waals surface area contributed by atoms with Gasteiger partial charge in [0.1, 0.15) is 18.0 Å². The number of H-pyrrole nitrogens is 1. The molecule has 1 fully saturated rings. The van der Waals surface area contributed by atoms with Gasteiger partial charge in [0.25, 0.3) is 0 Å². The third-order valence-electron chi connectivity index (χ3n) is 5.51. The smallest absolute Gasteiger partial charge is 0.163 e. The highest BCUT2D eigenvalue weighted by Crippen LogP contribution is 2.30. The minimum Gasteiger partial charge on any atom is -0.356 e. The Labute approximate surface area is 157 Å². The number of imidazole rings is 1. The second-order valence-electron chi connectivity index (χ2n) is 7.46. The number of rotatable bonds is 3. The molecular formula is C20H23N7. The standard InChI is InChI=1S/C20H23N7/c1-13-18-19(26(2)25-13)21-12-22-20(18)27-9-5-6-14(11-27)10-17-23-15-7-3-4-8-16(15)24-17/h3-4,7-8,12,14H,5-6,9-11H2,1-2H3,(H,23,24)/t14-/m0/s1. The molecule has 0 radical (unpaired) electrons. The lowest BCUT2D eigenvalue weighted by Crippen LogP contribution is -2.37. The molecule has 27 heavy (non-hydrogen) atoms. The third-order valence-corrected chi connectivity index (χ3v) is 5.51. The van der Waals surface area contributed by atoms with E-state index in [0.717, 1.165) is 65.3 Å². The quantitative estimate of drug-likeness (QED) is 0.607. The fourth-order valence-corrected chi connectivity index (χ4v) is 4.30. The van der Waals surface area contributed by atoms with Crippen molar-refractivity contribution in [1.82, 2.24) is 29.7 Å². The van der Waals surface area contributed by atoms with Gasteiger partial charge in [-0.3, -0.25) is 4.68 Å². The van der Waals surface area contributed by atoms with Crippen LogP contribution in [0.2, 0.25) is 0 Å². The lowest BCUT2D eigenvalue weighted by atomic mass is 9.94. The zero-order valence-corrected chi connectivity index (χ0v) is 15.7. The Kier molecular flexibility index (Phi) is 3.81. The molecule has 7 nitrogen and oxygen atoms in total. The van der Waals surface area contributed by atoms with Gasteiger partial charge < -0.3 is 9.88 Å². The lowest BCUT2D eigenvalue weighted by molar-refractivity contribution is 0.406. The monoisotopic (exact) mass is 361 g/mol. The van der Waals surface area contributed by atoms with Gasteiger partial charge >= 0.3 is 0 Å². The highest BCUT2D eigenvalue weighted by atomic mass is 15.3. The van der Waals surface area contributed by atoms with Crippen molar-refractivity contribution in [2.24, 2.45) is 13.0 Å². The third kappa shape index (κ3) is 2.83. The van der Waals surface area contributed by atoms with Crippen molar-refractivity contribution in [3.63, 3.8) is 0 Å². The minimum atomic E-state index is 0.557. The summed E-state index contributed by atoms with van der Waals surface area (Å²) in [6.07, 6.45) is 5.00. The molecule has 1 atom stereocenters. The van der Waals surface area contributed by atoms with E-state index in [4.69, 9.17) is 4.98 Å². The normalized spacial score (nSPS) is 17.9. The molecule has 1 saturated heterocycles. The summed E-state index contributed by atoms with van der Waals surface area (Å²) < 4.78 is 1.84. The van der Waals surface area contributed by atoms with E-state index in [9.17, 15) is 0 Å². The predicted octanol–water partition coefficient (Wildman–Crippen LogP) is 3.01. The van der Waals surface area contributed by atoms with Crippen LogP contribution >= 0.6 is 0 Å². The van der Waals surface area contributed by atoms with Gasteiger partial charge in [-0.1, -0.05) is 12.1 Å². The molecule has 0 unspecified atom stereocenters. The van der Waals surface area contributed by atoms with Gasteiger partial charge in [-0.05, 0) is 37.8 Å². The van der Waals surface area contributed by atoms with Crippen molar-refractivity contribution in [1.29, 1.82) is 0 Å². The van der Waals surface area contributed by atoms with E-state index in [1.807, 2.05) is 30.8 Å². The Balaban J connectivity index is 1.41. The first-order valence-electron chi connectivity index (χ1n) is 9.52. The van der Waals surface area contributed by atoms with Crippen LogP contribution in [0.4, 0.5) is 5.82 Å². The predicted molar refractivity (Wildman–Crippen MR) is 106 cm³/mol. The minimum absolute atomic E-state index is 0.557. The number of aromatic nitrogens is 6. The molecule has 4 aromatic rings. The highest BCUT2D eigenvalue weighted by Gasteiger charge is 2.25. The van der Waals surface area contributed by atoms with Gasteiger partial charge in [0.15, 0.2) is 5.65 Å². The average Bonchev–Trinajstić information content (AvgIpc) is 3.22. The summed E-state index contributed by atoms with van der Waals surface area (Å²) in [4.78, 5) is 19.7. The summed E-state index contributed by atoms with van der Waals surface area (Å²) in [5.41, 5.74) is 4.05. The zero-order valence-electron chi connectivity index (χ0n) is 15.7. The molecule has 0 amide bonds. The molecule has 0 bridgehead atoms. The number of fused-ring (bicyclic) bond motifs is 2. The molecule has 1 aliphatic rings. The van der Waals surface area contributed by atoms with E-state index in [1.54, 1.807) is 6.33 Å². The SMILES string of the molecule is Cc1nn(C)c2ncnc(N3CCC[C@@H](Cc4nc5ccccc5[nH]4)C3)c12. The Hall–Kier alpha value is -2.96. The van der Waals surface area contributed by atoms with Crippen LogP contribution in [-0.2, 0) is 13.5 Å².